The highest BCUT2D eigenvalue weighted by molar-refractivity contribution is 9.10. The zero-order valence-electron chi connectivity index (χ0n) is 10.5. The Morgan fingerprint density at radius 1 is 1.28 bits per heavy atom. The van der Waals surface area contributed by atoms with Crippen molar-refractivity contribution in [2.45, 2.75) is 43.0 Å². The van der Waals surface area contributed by atoms with Gasteiger partial charge >= 0.3 is 0 Å². The minimum Gasteiger partial charge on any atom is -0.381 e. The summed E-state index contributed by atoms with van der Waals surface area (Å²) >= 11 is 3.55. The topological polar surface area (TPSA) is 41.1 Å². The van der Waals surface area contributed by atoms with Gasteiger partial charge in [-0.15, -0.1) is 0 Å². The van der Waals surface area contributed by atoms with Gasteiger partial charge in [0.25, 0.3) is 0 Å². The summed E-state index contributed by atoms with van der Waals surface area (Å²) in [7, 11) is 0.569. The lowest BCUT2D eigenvalue weighted by atomic mass is 9.95. The maximum atomic E-state index is 11.6. The van der Waals surface area contributed by atoms with Gasteiger partial charge in [0.1, 0.15) is 11.0 Å². The van der Waals surface area contributed by atoms with Crippen molar-refractivity contribution in [3.63, 3.8) is 0 Å². The number of halogens is 1. The van der Waals surface area contributed by atoms with Gasteiger partial charge in [-0.05, 0) is 54.0 Å². The molecule has 0 bridgehead atoms. The summed E-state index contributed by atoms with van der Waals surface area (Å²) in [5.74, 6) is 0. The number of nitrogens with one attached hydrogen (secondary N) is 2. The van der Waals surface area contributed by atoms with E-state index in [9.17, 15) is 4.21 Å². The van der Waals surface area contributed by atoms with Crippen LogP contribution in [0, 0.1) is 0 Å². The first-order valence-corrected chi connectivity index (χ1v) is 8.30. The third-order valence-corrected chi connectivity index (χ3v) is 5.01. The van der Waals surface area contributed by atoms with Crippen molar-refractivity contribution in [3.8, 4) is 0 Å². The van der Waals surface area contributed by atoms with E-state index in [1.807, 2.05) is 18.2 Å². The van der Waals surface area contributed by atoms with Crippen molar-refractivity contribution < 1.29 is 4.21 Å². The van der Waals surface area contributed by atoms with E-state index in [1.165, 1.54) is 32.1 Å². The van der Waals surface area contributed by atoms with Crippen LogP contribution in [-0.2, 0) is 11.0 Å². The van der Waals surface area contributed by atoms with E-state index in [2.05, 4.69) is 26.0 Å². The Labute approximate surface area is 119 Å². The predicted molar refractivity (Wildman–Crippen MR) is 80.1 cm³/mol. The highest BCUT2D eigenvalue weighted by Gasteiger charge is 2.14. The van der Waals surface area contributed by atoms with E-state index in [0.717, 1.165) is 15.1 Å². The Kier molecular flexibility index (Phi) is 5.21. The maximum absolute atomic E-state index is 11.6. The van der Waals surface area contributed by atoms with E-state index < -0.39 is 11.0 Å². The average molecular weight is 331 g/mol. The van der Waals surface area contributed by atoms with Gasteiger partial charge in [0, 0.05) is 16.2 Å². The largest absolute Gasteiger partial charge is 0.381 e. The molecule has 1 aromatic carbocycles. The molecule has 1 unspecified atom stereocenters. The van der Waals surface area contributed by atoms with Crippen molar-refractivity contribution in [2.75, 3.05) is 12.4 Å². The molecule has 2 rings (SSSR count). The molecule has 1 aliphatic rings. The molecule has 0 saturated heterocycles. The average Bonchev–Trinajstić information content (AvgIpc) is 2.41. The molecule has 1 aliphatic carbocycles. The second-order valence-electron chi connectivity index (χ2n) is 4.59. The lowest BCUT2D eigenvalue weighted by Crippen LogP contribution is -2.22. The molecule has 1 saturated carbocycles. The summed E-state index contributed by atoms with van der Waals surface area (Å²) in [4.78, 5) is 0.790. The Hall–Kier alpha value is -0.390. The standard InChI is InChI=1S/C13H19BrN2OS/c1-15-18(17)11-7-8-13(12(14)9-11)16-10-5-3-2-4-6-10/h7-10,15-16H,2-6H2,1H3. The van der Waals surface area contributed by atoms with Crippen LogP contribution in [0.5, 0.6) is 0 Å². The zero-order valence-corrected chi connectivity index (χ0v) is 12.9. The Morgan fingerprint density at radius 2 is 2.00 bits per heavy atom. The highest BCUT2D eigenvalue weighted by Crippen LogP contribution is 2.28. The molecule has 0 aromatic heterocycles. The SMILES string of the molecule is CNS(=O)c1ccc(NC2CCCCC2)c(Br)c1. The van der Waals surface area contributed by atoms with Gasteiger partial charge in [-0.25, -0.2) is 8.93 Å². The molecule has 1 aromatic rings. The summed E-state index contributed by atoms with van der Waals surface area (Å²) < 4.78 is 15.3. The Bertz CT molecular complexity index is 433. The molecule has 1 atom stereocenters. The van der Waals surface area contributed by atoms with Crippen LogP contribution in [-0.4, -0.2) is 17.3 Å². The second kappa shape index (κ2) is 6.68. The van der Waals surface area contributed by atoms with Crippen molar-refractivity contribution in [1.82, 2.24) is 4.72 Å². The minimum absolute atomic E-state index is 0.579. The molecule has 0 amide bonds. The van der Waals surface area contributed by atoms with Crippen LogP contribution in [0.25, 0.3) is 0 Å². The van der Waals surface area contributed by atoms with Gasteiger partial charge in [0.2, 0.25) is 0 Å². The fourth-order valence-corrected chi connectivity index (χ4v) is 3.61. The van der Waals surface area contributed by atoms with Gasteiger partial charge in [0.05, 0.1) is 4.90 Å². The highest BCUT2D eigenvalue weighted by atomic mass is 79.9. The molecule has 1 fully saturated rings. The monoisotopic (exact) mass is 330 g/mol. The van der Waals surface area contributed by atoms with E-state index in [0.29, 0.717) is 6.04 Å². The smallest absolute Gasteiger partial charge is 0.124 e. The third kappa shape index (κ3) is 3.56. The Balaban J connectivity index is 2.07. The fourth-order valence-electron chi connectivity index (χ4n) is 2.31. The third-order valence-electron chi connectivity index (χ3n) is 3.30. The molecule has 18 heavy (non-hydrogen) atoms. The van der Waals surface area contributed by atoms with Crippen LogP contribution in [0.3, 0.4) is 0 Å². The van der Waals surface area contributed by atoms with Gasteiger partial charge in [-0.2, -0.15) is 0 Å². The first kappa shape index (κ1) is 14.0. The number of hydrogen-bond acceptors (Lipinski definition) is 2. The normalized spacial score (nSPS) is 18.6. The van der Waals surface area contributed by atoms with E-state index in [4.69, 9.17) is 0 Å². The van der Waals surface area contributed by atoms with Crippen LogP contribution in [0.4, 0.5) is 5.69 Å². The van der Waals surface area contributed by atoms with E-state index in [1.54, 1.807) is 7.05 Å². The lowest BCUT2D eigenvalue weighted by Gasteiger charge is -2.24. The summed E-state index contributed by atoms with van der Waals surface area (Å²) in [5, 5.41) is 3.57. The van der Waals surface area contributed by atoms with Gasteiger partial charge in [0.15, 0.2) is 0 Å². The van der Waals surface area contributed by atoms with E-state index in [-0.39, 0.29) is 0 Å². The molecular formula is C13H19BrN2OS. The molecule has 2 N–H and O–H groups in total. The van der Waals surface area contributed by atoms with Crippen molar-refractivity contribution in [3.05, 3.63) is 22.7 Å². The first-order chi connectivity index (χ1) is 8.70. The molecule has 100 valence electrons. The summed E-state index contributed by atoms with van der Waals surface area (Å²) in [6.45, 7) is 0. The van der Waals surface area contributed by atoms with Crippen LogP contribution in [0.15, 0.2) is 27.6 Å². The summed E-state index contributed by atoms with van der Waals surface area (Å²) in [5.41, 5.74) is 1.10. The summed E-state index contributed by atoms with van der Waals surface area (Å²) in [6, 6.07) is 6.40. The quantitative estimate of drug-likeness (QED) is 0.887. The summed E-state index contributed by atoms with van der Waals surface area (Å²) in [6.07, 6.45) is 6.49. The Morgan fingerprint density at radius 3 is 2.61 bits per heavy atom. The van der Waals surface area contributed by atoms with Crippen LogP contribution < -0.4 is 10.0 Å². The fraction of sp³-hybridized carbons (Fsp3) is 0.538. The lowest BCUT2D eigenvalue weighted by molar-refractivity contribution is 0.462. The van der Waals surface area contributed by atoms with Crippen molar-refractivity contribution >= 4 is 32.6 Å². The van der Waals surface area contributed by atoms with Gasteiger partial charge < -0.3 is 5.32 Å². The predicted octanol–water partition coefficient (Wildman–Crippen LogP) is 3.44. The van der Waals surface area contributed by atoms with Crippen LogP contribution in [0.2, 0.25) is 0 Å². The van der Waals surface area contributed by atoms with Crippen LogP contribution in [0.1, 0.15) is 32.1 Å². The number of hydrogen-bond donors (Lipinski definition) is 2. The van der Waals surface area contributed by atoms with Gasteiger partial charge in [-0.1, -0.05) is 19.3 Å². The molecule has 0 aliphatic heterocycles. The van der Waals surface area contributed by atoms with Gasteiger partial charge in [-0.3, -0.25) is 0 Å². The minimum atomic E-state index is -1.12. The zero-order chi connectivity index (χ0) is 13.0. The van der Waals surface area contributed by atoms with Crippen LogP contribution >= 0.6 is 15.9 Å². The second-order valence-corrected chi connectivity index (χ2v) is 6.87. The molecule has 0 heterocycles. The van der Waals surface area contributed by atoms with E-state index >= 15 is 0 Å². The van der Waals surface area contributed by atoms with Crippen molar-refractivity contribution in [2.24, 2.45) is 0 Å². The molecule has 5 heteroatoms. The maximum Gasteiger partial charge on any atom is 0.124 e. The van der Waals surface area contributed by atoms with Crippen molar-refractivity contribution in [1.29, 1.82) is 0 Å². The molecular weight excluding hydrogens is 312 g/mol. The molecule has 0 radical (unpaired) electrons. The number of benzene rings is 1. The first-order valence-electron chi connectivity index (χ1n) is 6.36. The molecule has 0 spiro atoms. The molecule has 3 nitrogen and oxygen atoms in total. The number of rotatable bonds is 4. The number of anilines is 1.